The minimum Gasteiger partial charge on any atom is -0.489 e. The average Bonchev–Trinajstić information content (AvgIpc) is 2.82. The van der Waals surface area contributed by atoms with Gasteiger partial charge in [-0.3, -0.25) is 9.36 Å². The Labute approximate surface area is 114 Å². The van der Waals surface area contributed by atoms with Gasteiger partial charge in [0.2, 0.25) is 5.75 Å². The molecule has 0 unspecified atom stereocenters. The standard InChI is InChI=1S/C11H14ClN5O2/c1-7(2)17-8(13-5-15-17)4-16-6-14-10(12)9(19-3)11(16)18/h5-7H,4H2,1-3H3. The zero-order valence-electron chi connectivity index (χ0n) is 10.9. The third-order valence-corrected chi connectivity index (χ3v) is 2.87. The first-order valence-electron chi connectivity index (χ1n) is 5.72. The van der Waals surface area contributed by atoms with Crippen molar-refractivity contribution in [2.45, 2.75) is 26.4 Å². The number of rotatable bonds is 4. The van der Waals surface area contributed by atoms with E-state index in [0.717, 1.165) is 0 Å². The van der Waals surface area contributed by atoms with Crippen molar-refractivity contribution in [1.82, 2.24) is 24.3 Å². The van der Waals surface area contributed by atoms with Crippen molar-refractivity contribution in [3.8, 4) is 5.75 Å². The molecule has 2 rings (SSSR count). The zero-order valence-corrected chi connectivity index (χ0v) is 11.6. The third-order valence-electron chi connectivity index (χ3n) is 2.61. The number of aromatic nitrogens is 5. The Morgan fingerprint density at radius 2 is 2.16 bits per heavy atom. The van der Waals surface area contributed by atoms with Crippen LogP contribution in [0.3, 0.4) is 0 Å². The van der Waals surface area contributed by atoms with Crippen LogP contribution in [0.25, 0.3) is 0 Å². The van der Waals surface area contributed by atoms with Crippen LogP contribution in [-0.4, -0.2) is 31.4 Å². The summed E-state index contributed by atoms with van der Waals surface area (Å²) in [5.41, 5.74) is -0.346. The van der Waals surface area contributed by atoms with Gasteiger partial charge in [0.25, 0.3) is 5.56 Å². The monoisotopic (exact) mass is 283 g/mol. The van der Waals surface area contributed by atoms with E-state index in [1.165, 1.54) is 24.3 Å². The molecule has 2 aromatic rings. The summed E-state index contributed by atoms with van der Waals surface area (Å²) in [6.07, 6.45) is 2.83. The van der Waals surface area contributed by atoms with E-state index >= 15 is 0 Å². The summed E-state index contributed by atoms with van der Waals surface area (Å²) < 4.78 is 8.07. The highest BCUT2D eigenvalue weighted by Gasteiger charge is 2.13. The number of hydrogen-bond acceptors (Lipinski definition) is 5. The van der Waals surface area contributed by atoms with Crippen LogP contribution in [0.5, 0.6) is 5.75 Å². The number of methoxy groups -OCH3 is 1. The third kappa shape index (κ3) is 2.60. The molecule has 102 valence electrons. The molecule has 0 amide bonds. The number of nitrogens with zero attached hydrogens (tertiary/aromatic N) is 5. The minimum atomic E-state index is -0.346. The van der Waals surface area contributed by atoms with Crippen LogP contribution < -0.4 is 10.3 Å². The minimum absolute atomic E-state index is 0.0276. The van der Waals surface area contributed by atoms with Crippen LogP contribution in [0.2, 0.25) is 5.15 Å². The van der Waals surface area contributed by atoms with Gasteiger partial charge in [-0.2, -0.15) is 5.10 Å². The number of ether oxygens (including phenoxy) is 1. The summed E-state index contributed by atoms with van der Waals surface area (Å²) in [4.78, 5) is 20.1. The van der Waals surface area contributed by atoms with E-state index in [0.29, 0.717) is 5.82 Å². The average molecular weight is 284 g/mol. The van der Waals surface area contributed by atoms with Crippen LogP contribution in [0, 0.1) is 0 Å². The lowest BCUT2D eigenvalue weighted by atomic mass is 10.4. The first kappa shape index (κ1) is 13.5. The van der Waals surface area contributed by atoms with Crippen molar-refractivity contribution in [2.24, 2.45) is 0 Å². The molecule has 2 heterocycles. The molecule has 0 radical (unpaired) electrons. The van der Waals surface area contributed by atoms with E-state index < -0.39 is 0 Å². The van der Waals surface area contributed by atoms with Crippen LogP contribution in [0.15, 0.2) is 17.4 Å². The smallest absolute Gasteiger partial charge is 0.297 e. The highest BCUT2D eigenvalue weighted by Crippen LogP contribution is 2.15. The van der Waals surface area contributed by atoms with Crippen molar-refractivity contribution in [2.75, 3.05) is 7.11 Å². The van der Waals surface area contributed by atoms with E-state index in [4.69, 9.17) is 16.3 Å². The molecule has 0 N–H and O–H groups in total. The quantitative estimate of drug-likeness (QED) is 0.786. The molecule has 0 aromatic carbocycles. The van der Waals surface area contributed by atoms with Crippen molar-refractivity contribution in [3.63, 3.8) is 0 Å². The Kier molecular flexibility index (Phi) is 3.84. The van der Waals surface area contributed by atoms with Gasteiger partial charge in [-0.05, 0) is 13.8 Å². The number of halogens is 1. The molecule has 0 spiro atoms. The van der Waals surface area contributed by atoms with E-state index in [2.05, 4.69) is 15.1 Å². The molecule has 0 aliphatic rings. The van der Waals surface area contributed by atoms with Crippen LogP contribution in [-0.2, 0) is 6.54 Å². The van der Waals surface area contributed by atoms with E-state index in [9.17, 15) is 4.79 Å². The van der Waals surface area contributed by atoms with Crippen LogP contribution in [0.4, 0.5) is 0 Å². The normalized spacial score (nSPS) is 11.0. The molecule has 0 aliphatic carbocycles. The maximum Gasteiger partial charge on any atom is 0.297 e. The van der Waals surface area contributed by atoms with Gasteiger partial charge in [0.15, 0.2) is 5.15 Å². The molecular formula is C11H14ClN5O2. The Hall–Kier alpha value is -1.89. The molecule has 7 nitrogen and oxygen atoms in total. The van der Waals surface area contributed by atoms with Crippen LogP contribution >= 0.6 is 11.6 Å². The first-order chi connectivity index (χ1) is 9.04. The second kappa shape index (κ2) is 5.40. The molecule has 19 heavy (non-hydrogen) atoms. The summed E-state index contributed by atoms with van der Waals surface area (Å²) in [5.74, 6) is 0.697. The Balaban J connectivity index is 2.39. The highest BCUT2D eigenvalue weighted by molar-refractivity contribution is 6.30. The lowest BCUT2D eigenvalue weighted by Gasteiger charge is -2.11. The summed E-state index contributed by atoms with van der Waals surface area (Å²) in [5, 5.41) is 4.16. The van der Waals surface area contributed by atoms with E-state index in [1.54, 1.807) is 4.68 Å². The van der Waals surface area contributed by atoms with Gasteiger partial charge in [0.05, 0.1) is 20.0 Å². The zero-order chi connectivity index (χ0) is 14.0. The van der Waals surface area contributed by atoms with Gasteiger partial charge in [-0.15, -0.1) is 0 Å². The first-order valence-corrected chi connectivity index (χ1v) is 6.09. The summed E-state index contributed by atoms with van der Waals surface area (Å²) >= 11 is 5.78. The van der Waals surface area contributed by atoms with Gasteiger partial charge < -0.3 is 4.74 Å². The van der Waals surface area contributed by atoms with Gasteiger partial charge in [-0.1, -0.05) is 11.6 Å². The summed E-state index contributed by atoms with van der Waals surface area (Å²) in [6.45, 7) is 4.24. The van der Waals surface area contributed by atoms with Gasteiger partial charge in [-0.25, -0.2) is 14.6 Å². The molecule has 0 aliphatic heterocycles. The molecule has 0 atom stereocenters. The van der Waals surface area contributed by atoms with Crippen LogP contribution in [0.1, 0.15) is 25.7 Å². The fourth-order valence-electron chi connectivity index (χ4n) is 1.71. The Bertz CT molecular complexity index is 634. The topological polar surface area (TPSA) is 74.8 Å². The maximum absolute atomic E-state index is 12.1. The molecule has 0 saturated heterocycles. The maximum atomic E-state index is 12.1. The van der Waals surface area contributed by atoms with Crippen molar-refractivity contribution < 1.29 is 4.74 Å². The van der Waals surface area contributed by atoms with Crippen molar-refractivity contribution >= 4 is 11.6 Å². The Morgan fingerprint density at radius 3 is 2.79 bits per heavy atom. The largest absolute Gasteiger partial charge is 0.489 e. The van der Waals surface area contributed by atoms with Gasteiger partial charge in [0, 0.05) is 6.04 Å². The number of hydrogen-bond donors (Lipinski definition) is 0. The predicted octanol–water partition coefficient (Wildman–Crippen LogP) is 1.13. The lowest BCUT2D eigenvalue weighted by Crippen LogP contribution is -2.24. The molecule has 0 saturated carbocycles. The van der Waals surface area contributed by atoms with Crippen molar-refractivity contribution in [1.29, 1.82) is 0 Å². The lowest BCUT2D eigenvalue weighted by molar-refractivity contribution is 0.399. The highest BCUT2D eigenvalue weighted by atomic mass is 35.5. The Morgan fingerprint density at radius 1 is 1.42 bits per heavy atom. The summed E-state index contributed by atoms with van der Waals surface area (Å²) in [6, 6.07) is 0.162. The van der Waals surface area contributed by atoms with Gasteiger partial charge in [0.1, 0.15) is 12.2 Å². The second-order valence-electron chi connectivity index (χ2n) is 4.22. The molecule has 2 aromatic heterocycles. The predicted molar refractivity (Wildman–Crippen MR) is 69.6 cm³/mol. The van der Waals surface area contributed by atoms with E-state index in [-0.39, 0.29) is 29.0 Å². The fourth-order valence-corrected chi connectivity index (χ4v) is 1.91. The van der Waals surface area contributed by atoms with Gasteiger partial charge >= 0.3 is 0 Å². The molecule has 0 bridgehead atoms. The SMILES string of the molecule is COc1c(Cl)ncn(Cc2ncnn2C(C)C)c1=O. The summed E-state index contributed by atoms with van der Waals surface area (Å²) in [7, 11) is 1.38. The van der Waals surface area contributed by atoms with Crippen molar-refractivity contribution in [3.05, 3.63) is 34.0 Å². The fraction of sp³-hybridized carbons (Fsp3) is 0.455. The molecular weight excluding hydrogens is 270 g/mol. The molecule has 0 fully saturated rings. The van der Waals surface area contributed by atoms with E-state index in [1.807, 2.05) is 13.8 Å². The second-order valence-corrected chi connectivity index (χ2v) is 4.57. The molecule has 8 heteroatoms.